The molecule has 2 aromatic heterocycles. The zero-order valence-corrected chi connectivity index (χ0v) is 25.2. The van der Waals surface area contributed by atoms with Crippen LogP contribution in [0.2, 0.25) is 0 Å². The molecule has 11 heteroatoms. The molecular weight excluding hydrogens is 580 g/mol. The number of aromatic nitrogens is 3. The van der Waals surface area contributed by atoms with Gasteiger partial charge in [0.1, 0.15) is 0 Å². The number of amides is 4. The smallest absolute Gasteiger partial charge is 0.324 e. The fraction of sp³-hybridized carbons (Fsp3) is 0.143. The van der Waals surface area contributed by atoms with E-state index in [2.05, 4.69) is 36.2 Å². The SMILES string of the molecule is Cc1ccc(NC(=O)c2ccc(CNCc3cccc(N4CCC(=O)NC4=O)c3)cc2)cc1Nc1nccc(-c2cccnc2)n1. The number of benzene rings is 3. The largest absolute Gasteiger partial charge is 0.328 e. The fourth-order valence-electron chi connectivity index (χ4n) is 5.02. The minimum absolute atomic E-state index is 0.218. The average molecular weight is 613 g/mol. The number of hydrogen-bond acceptors (Lipinski definition) is 8. The predicted molar refractivity (Wildman–Crippen MR) is 177 cm³/mol. The molecule has 0 unspecified atom stereocenters. The number of nitrogens with one attached hydrogen (secondary N) is 4. The van der Waals surface area contributed by atoms with Gasteiger partial charge in [-0.1, -0.05) is 30.3 Å². The Bertz CT molecular complexity index is 1880. The number of nitrogens with zero attached hydrogens (tertiary/aromatic N) is 4. The van der Waals surface area contributed by atoms with E-state index >= 15 is 0 Å². The van der Waals surface area contributed by atoms with Gasteiger partial charge in [0.25, 0.3) is 5.91 Å². The maximum atomic E-state index is 13.1. The van der Waals surface area contributed by atoms with Gasteiger partial charge in [0.2, 0.25) is 11.9 Å². The standard InChI is InChI=1S/C35H32N8O3/c1-23-7-12-28(19-31(23)41-34-38-16-13-30(40-34)27-5-3-15-36-22-27)39-33(45)26-10-8-24(9-11-26)20-37-21-25-4-2-6-29(18-25)43-17-14-32(44)42-35(43)46/h2-13,15-16,18-19,22,37H,14,17,20-21H2,1H3,(H,39,45)(H,38,40,41)(H,42,44,46). The van der Waals surface area contributed by atoms with Crippen LogP contribution in [0.15, 0.2) is 104 Å². The number of aryl methyl sites for hydroxylation is 1. The molecule has 1 aliphatic rings. The highest BCUT2D eigenvalue weighted by molar-refractivity contribution is 6.06. The highest BCUT2D eigenvalue weighted by atomic mass is 16.2. The van der Waals surface area contributed by atoms with Gasteiger partial charge >= 0.3 is 6.03 Å². The molecule has 3 aromatic carbocycles. The van der Waals surface area contributed by atoms with E-state index in [1.54, 1.807) is 35.6 Å². The molecule has 0 radical (unpaired) electrons. The van der Waals surface area contributed by atoms with Crippen molar-refractivity contribution in [2.75, 3.05) is 22.1 Å². The quantitative estimate of drug-likeness (QED) is 0.160. The lowest BCUT2D eigenvalue weighted by atomic mass is 10.1. The average Bonchev–Trinajstić information content (AvgIpc) is 3.07. The van der Waals surface area contributed by atoms with Gasteiger partial charge in [0, 0.05) is 72.8 Å². The molecule has 0 spiro atoms. The van der Waals surface area contributed by atoms with Crippen LogP contribution >= 0.6 is 0 Å². The van der Waals surface area contributed by atoms with Gasteiger partial charge in [-0.25, -0.2) is 14.8 Å². The van der Waals surface area contributed by atoms with E-state index in [9.17, 15) is 14.4 Å². The van der Waals surface area contributed by atoms with Crippen LogP contribution in [0.4, 0.5) is 27.8 Å². The number of pyridine rings is 1. The maximum Gasteiger partial charge on any atom is 0.328 e. The Morgan fingerprint density at radius 3 is 2.57 bits per heavy atom. The van der Waals surface area contributed by atoms with Crippen molar-refractivity contribution in [1.82, 2.24) is 25.6 Å². The van der Waals surface area contributed by atoms with Crippen LogP contribution in [-0.2, 0) is 17.9 Å². The van der Waals surface area contributed by atoms with E-state index in [4.69, 9.17) is 0 Å². The van der Waals surface area contributed by atoms with Crippen LogP contribution in [0.3, 0.4) is 0 Å². The molecule has 0 saturated carbocycles. The van der Waals surface area contributed by atoms with Crippen molar-refractivity contribution in [1.29, 1.82) is 0 Å². The van der Waals surface area contributed by atoms with Crippen LogP contribution in [-0.4, -0.2) is 39.3 Å². The molecule has 3 heterocycles. The Hall–Kier alpha value is -5.94. The molecule has 230 valence electrons. The first-order valence-electron chi connectivity index (χ1n) is 14.8. The second kappa shape index (κ2) is 13.8. The Balaban J connectivity index is 1.03. The Morgan fingerprint density at radius 1 is 0.913 bits per heavy atom. The van der Waals surface area contributed by atoms with Crippen molar-refractivity contribution in [3.8, 4) is 11.3 Å². The topological polar surface area (TPSA) is 141 Å². The zero-order chi connectivity index (χ0) is 31.9. The third-order valence-electron chi connectivity index (χ3n) is 7.51. The Morgan fingerprint density at radius 2 is 1.76 bits per heavy atom. The molecule has 46 heavy (non-hydrogen) atoms. The highest BCUT2D eigenvalue weighted by Gasteiger charge is 2.24. The van der Waals surface area contributed by atoms with Gasteiger partial charge < -0.3 is 16.0 Å². The fourth-order valence-corrected chi connectivity index (χ4v) is 5.02. The van der Waals surface area contributed by atoms with Gasteiger partial charge in [0.15, 0.2) is 0 Å². The Labute approximate surface area is 266 Å². The molecule has 0 atom stereocenters. The summed E-state index contributed by atoms with van der Waals surface area (Å²) in [5, 5.41) is 12.0. The van der Waals surface area contributed by atoms with Crippen molar-refractivity contribution in [3.05, 3.63) is 126 Å². The summed E-state index contributed by atoms with van der Waals surface area (Å²) in [6, 6.07) is 26.0. The Kier molecular flexibility index (Phi) is 9.02. The summed E-state index contributed by atoms with van der Waals surface area (Å²) in [4.78, 5) is 51.4. The monoisotopic (exact) mass is 612 g/mol. The molecule has 5 aromatic rings. The maximum absolute atomic E-state index is 13.1. The van der Waals surface area contributed by atoms with E-state index < -0.39 is 6.03 Å². The highest BCUT2D eigenvalue weighted by Crippen LogP contribution is 2.25. The number of carbonyl (C=O) groups excluding carboxylic acids is 3. The van der Waals surface area contributed by atoms with E-state index in [1.807, 2.05) is 79.7 Å². The molecule has 4 N–H and O–H groups in total. The molecule has 4 amide bonds. The normalized spacial score (nSPS) is 12.8. The first-order chi connectivity index (χ1) is 22.4. The molecule has 0 bridgehead atoms. The summed E-state index contributed by atoms with van der Waals surface area (Å²) in [7, 11) is 0. The van der Waals surface area contributed by atoms with Crippen molar-refractivity contribution in [2.45, 2.75) is 26.4 Å². The summed E-state index contributed by atoms with van der Waals surface area (Å²) in [6.45, 7) is 3.52. The third-order valence-corrected chi connectivity index (χ3v) is 7.51. The molecular formula is C35H32N8O3. The second-order valence-corrected chi connectivity index (χ2v) is 10.8. The number of rotatable bonds is 10. The van der Waals surface area contributed by atoms with Crippen LogP contribution in [0.5, 0.6) is 0 Å². The van der Waals surface area contributed by atoms with Crippen molar-refractivity contribution >= 4 is 40.9 Å². The van der Waals surface area contributed by atoms with E-state index in [0.29, 0.717) is 36.8 Å². The molecule has 1 aliphatic heterocycles. The van der Waals surface area contributed by atoms with E-state index in [1.165, 1.54) is 0 Å². The van der Waals surface area contributed by atoms with Gasteiger partial charge in [-0.2, -0.15) is 0 Å². The number of anilines is 4. The zero-order valence-electron chi connectivity index (χ0n) is 25.2. The number of hydrogen-bond donors (Lipinski definition) is 4. The van der Waals surface area contributed by atoms with Crippen molar-refractivity contribution in [3.63, 3.8) is 0 Å². The number of carbonyl (C=O) groups is 3. The minimum Gasteiger partial charge on any atom is -0.324 e. The lowest BCUT2D eigenvalue weighted by Gasteiger charge is -2.26. The summed E-state index contributed by atoms with van der Waals surface area (Å²) < 4.78 is 0. The third kappa shape index (κ3) is 7.40. The van der Waals surface area contributed by atoms with Crippen molar-refractivity contribution < 1.29 is 14.4 Å². The molecule has 6 rings (SSSR count). The minimum atomic E-state index is -0.400. The van der Waals surface area contributed by atoms with Crippen LogP contribution < -0.4 is 26.2 Å². The summed E-state index contributed by atoms with van der Waals surface area (Å²) in [5.41, 5.74) is 7.37. The first-order valence-corrected chi connectivity index (χ1v) is 14.8. The van der Waals surface area contributed by atoms with E-state index in [-0.39, 0.29) is 18.2 Å². The lowest BCUT2D eigenvalue weighted by molar-refractivity contribution is -0.120. The van der Waals surface area contributed by atoms with Gasteiger partial charge in [0.05, 0.1) is 5.69 Å². The van der Waals surface area contributed by atoms with Gasteiger partial charge in [-0.15, -0.1) is 0 Å². The molecule has 11 nitrogen and oxygen atoms in total. The van der Waals surface area contributed by atoms with E-state index in [0.717, 1.165) is 39.3 Å². The lowest BCUT2D eigenvalue weighted by Crippen LogP contribution is -2.49. The predicted octanol–water partition coefficient (Wildman–Crippen LogP) is 5.58. The molecule has 1 fully saturated rings. The summed E-state index contributed by atoms with van der Waals surface area (Å²) >= 11 is 0. The first kappa shape index (κ1) is 30.1. The molecule has 0 aliphatic carbocycles. The number of imide groups is 1. The van der Waals surface area contributed by atoms with Crippen LogP contribution in [0.1, 0.15) is 33.5 Å². The van der Waals surface area contributed by atoms with Crippen molar-refractivity contribution in [2.24, 2.45) is 0 Å². The van der Waals surface area contributed by atoms with Crippen LogP contribution in [0.25, 0.3) is 11.3 Å². The van der Waals surface area contributed by atoms with Gasteiger partial charge in [-0.3, -0.25) is 24.8 Å². The number of urea groups is 1. The molecule has 1 saturated heterocycles. The summed E-state index contributed by atoms with van der Waals surface area (Å²) in [5.74, 6) is -0.0313. The summed E-state index contributed by atoms with van der Waals surface area (Å²) in [6.07, 6.45) is 5.44. The second-order valence-electron chi connectivity index (χ2n) is 10.8. The van der Waals surface area contributed by atoms with Crippen LogP contribution in [0, 0.1) is 6.92 Å². The van der Waals surface area contributed by atoms with Gasteiger partial charge in [-0.05, 0) is 78.2 Å².